The van der Waals surface area contributed by atoms with Gasteiger partial charge in [-0.05, 0) is 43.6 Å². The molecule has 0 unspecified atom stereocenters. The van der Waals surface area contributed by atoms with Crippen LogP contribution in [0.15, 0.2) is 4.47 Å². The van der Waals surface area contributed by atoms with E-state index in [1.165, 1.54) is 0 Å². The molecule has 102 valence electrons. The Labute approximate surface area is 118 Å². The first-order valence-corrected chi connectivity index (χ1v) is 6.50. The summed E-state index contributed by atoms with van der Waals surface area (Å²) in [7, 11) is 0. The Morgan fingerprint density at radius 3 is 2.05 bits per heavy atom. The van der Waals surface area contributed by atoms with Crippen LogP contribution in [0.2, 0.25) is 0 Å². The molecule has 0 amide bonds. The molecule has 0 bridgehead atoms. The Hall–Kier alpha value is -1.70. The summed E-state index contributed by atoms with van der Waals surface area (Å²) in [5, 5.41) is 19.5. The monoisotopic (exact) mass is 327 g/mol. The van der Waals surface area contributed by atoms with Gasteiger partial charge in [-0.25, -0.2) is 9.36 Å². The summed E-state index contributed by atoms with van der Waals surface area (Å²) >= 11 is 3.45. The molecule has 0 aliphatic carbocycles. The van der Waals surface area contributed by atoms with Crippen LogP contribution < -0.4 is 0 Å². The molecule has 0 atom stereocenters. The summed E-state index contributed by atoms with van der Waals surface area (Å²) < 4.78 is 4.31. The highest BCUT2D eigenvalue weighted by Gasteiger charge is 2.22. The predicted molar refractivity (Wildman–Crippen MR) is 73.2 cm³/mol. The maximum Gasteiger partial charge on any atom is 0.312 e. The molecule has 2 rings (SSSR count). The van der Waals surface area contributed by atoms with Crippen molar-refractivity contribution in [2.45, 2.75) is 34.4 Å². The van der Waals surface area contributed by atoms with E-state index in [2.05, 4.69) is 26.1 Å². The molecule has 7 nitrogen and oxygen atoms in total. The number of aromatic nitrogens is 4. The van der Waals surface area contributed by atoms with E-state index >= 15 is 0 Å². The van der Waals surface area contributed by atoms with Crippen molar-refractivity contribution in [2.24, 2.45) is 0 Å². The Morgan fingerprint density at radius 1 is 1.11 bits per heavy atom. The zero-order valence-corrected chi connectivity index (χ0v) is 12.7. The van der Waals surface area contributed by atoms with Gasteiger partial charge in [0.2, 0.25) is 0 Å². The first kappa shape index (κ1) is 13.7. The summed E-state index contributed by atoms with van der Waals surface area (Å²) in [6.07, 6.45) is 0. The molecule has 0 radical (unpaired) electrons. The van der Waals surface area contributed by atoms with E-state index in [9.17, 15) is 10.1 Å². The van der Waals surface area contributed by atoms with Crippen LogP contribution in [-0.2, 0) is 6.67 Å². The summed E-state index contributed by atoms with van der Waals surface area (Å²) in [6, 6.07) is 0. The summed E-state index contributed by atoms with van der Waals surface area (Å²) in [5.74, 6) is 0. The van der Waals surface area contributed by atoms with Crippen molar-refractivity contribution < 1.29 is 4.92 Å². The van der Waals surface area contributed by atoms with E-state index in [1.54, 1.807) is 23.2 Å². The minimum absolute atomic E-state index is 0.0700. The lowest BCUT2D eigenvalue weighted by molar-refractivity contribution is -0.386. The average Bonchev–Trinajstić information content (AvgIpc) is 2.72. The van der Waals surface area contributed by atoms with Crippen LogP contribution in [0.4, 0.5) is 5.69 Å². The second-order valence-corrected chi connectivity index (χ2v) is 5.19. The third-order valence-electron chi connectivity index (χ3n) is 3.09. The number of rotatable bonds is 3. The lowest BCUT2D eigenvalue weighted by Crippen LogP contribution is -2.13. The van der Waals surface area contributed by atoms with E-state index in [-0.39, 0.29) is 5.69 Å². The molecule has 8 heteroatoms. The fourth-order valence-corrected chi connectivity index (χ4v) is 2.31. The van der Waals surface area contributed by atoms with Crippen LogP contribution in [-0.4, -0.2) is 24.5 Å². The fraction of sp³-hybridized carbons (Fsp3) is 0.455. The normalized spacial score (nSPS) is 11.0. The van der Waals surface area contributed by atoms with Crippen LogP contribution in [0.25, 0.3) is 0 Å². The Bertz CT molecular complexity index is 659. The van der Waals surface area contributed by atoms with Gasteiger partial charge in [0.15, 0.2) is 0 Å². The molecule has 2 aromatic heterocycles. The molecule has 2 aromatic rings. The number of nitro groups is 1. The molecule has 0 saturated heterocycles. The van der Waals surface area contributed by atoms with E-state index in [1.807, 2.05) is 13.8 Å². The molecule has 0 fully saturated rings. The summed E-state index contributed by atoms with van der Waals surface area (Å²) in [6.45, 7) is 7.53. The third kappa shape index (κ3) is 2.27. The van der Waals surface area contributed by atoms with Gasteiger partial charge in [0.1, 0.15) is 18.1 Å². The lowest BCUT2D eigenvalue weighted by Gasteiger charge is -2.06. The van der Waals surface area contributed by atoms with E-state index < -0.39 is 4.92 Å². The van der Waals surface area contributed by atoms with Crippen molar-refractivity contribution >= 4 is 21.6 Å². The van der Waals surface area contributed by atoms with Gasteiger partial charge < -0.3 is 0 Å². The highest BCUT2D eigenvalue weighted by atomic mass is 79.9. The average molecular weight is 328 g/mol. The quantitative estimate of drug-likeness (QED) is 0.640. The van der Waals surface area contributed by atoms with Crippen molar-refractivity contribution in [3.8, 4) is 0 Å². The maximum absolute atomic E-state index is 11.0. The zero-order valence-electron chi connectivity index (χ0n) is 11.1. The Morgan fingerprint density at radius 2 is 1.63 bits per heavy atom. The Balaban J connectivity index is 2.42. The zero-order chi connectivity index (χ0) is 14.3. The van der Waals surface area contributed by atoms with Gasteiger partial charge in [0, 0.05) is 0 Å². The third-order valence-corrected chi connectivity index (χ3v) is 4.23. The molecular weight excluding hydrogens is 314 g/mol. The number of nitrogens with zero attached hydrogens (tertiary/aromatic N) is 5. The van der Waals surface area contributed by atoms with Crippen molar-refractivity contribution in [1.29, 1.82) is 0 Å². The molecule has 0 aliphatic rings. The predicted octanol–water partition coefficient (Wildman–Crippen LogP) is 2.49. The van der Waals surface area contributed by atoms with Gasteiger partial charge in [-0.2, -0.15) is 10.2 Å². The summed E-state index contributed by atoms with van der Waals surface area (Å²) in [5.41, 5.74) is 2.87. The molecule has 0 saturated carbocycles. The number of hydrogen-bond acceptors (Lipinski definition) is 4. The van der Waals surface area contributed by atoms with Crippen LogP contribution in [0.1, 0.15) is 22.8 Å². The summed E-state index contributed by atoms with van der Waals surface area (Å²) in [4.78, 5) is 10.6. The standard InChI is InChI=1S/C11H14BrN5O2/c1-6-10(12)8(3)15(13-6)5-16-9(4)11(17(18)19)7(2)14-16/h5H2,1-4H3. The number of aryl methyl sites for hydroxylation is 2. The molecule has 0 N–H and O–H groups in total. The minimum Gasteiger partial charge on any atom is -0.258 e. The highest BCUT2D eigenvalue weighted by molar-refractivity contribution is 9.10. The van der Waals surface area contributed by atoms with Crippen molar-refractivity contribution in [3.63, 3.8) is 0 Å². The van der Waals surface area contributed by atoms with Crippen LogP contribution in [0, 0.1) is 37.8 Å². The molecule has 0 aromatic carbocycles. The second kappa shape index (κ2) is 4.76. The molecular formula is C11H14BrN5O2. The first-order valence-electron chi connectivity index (χ1n) is 5.70. The van der Waals surface area contributed by atoms with Gasteiger partial charge in [0.05, 0.1) is 20.8 Å². The van der Waals surface area contributed by atoms with Crippen LogP contribution in [0.3, 0.4) is 0 Å². The van der Waals surface area contributed by atoms with Crippen LogP contribution >= 0.6 is 15.9 Å². The van der Waals surface area contributed by atoms with Crippen LogP contribution in [0.5, 0.6) is 0 Å². The van der Waals surface area contributed by atoms with Gasteiger partial charge in [0.25, 0.3) is 0 Å². The number of hydrogen-bond donors (Lipinski definition) is 0. The number of halogens is 1. The van der Waals surface area contributed by atoms with E-state index in [0.717, 1.165) is 15.9 Å². The van der Waals surface area contributed by atoms with Gasteiger partial charge in [-0.1, -0.05) is 0 Å². The van der Waals surface area contributed by atoms with Gasteiger partial charge in [-0.3, -0.25) is 10.1 Å². The van der Waals surface area contributed by atoms with Crippen molar-refractivity contribution in [2.75, 3.05) is 0 Å². The smallest absolute Gasteiger partial charge is 0.258 e. The SMILES string of the molecule is Cc1nn(Cn2nc(C)c([N+](=O)[O-])c2C)c(C)c1Br. The largest absolute Gasteiger partial charge is 0.312 e. The minimum atomic E-state index is -0.398. The highest BCUT2D eigenvalue weighted by Crippen LogP contribution is 2.23. The first-order chi connectivity index (χ1) is 8.82. The fourth-order valence-electron chi connectivity index (χ4n) is 2.03. The second-order valence-electron chi connectivity index (χ2n) is 4.40. The lowest BCUT2D eigenvalue weighted by atomic mass is 10.3. The molecule has 19 heavy (non-hydrogen) atoms. The molecule has 2 heterocycles. The van der Waals surface area contributed by atoms with E-state index in [0.29, 0.717) is 18.1 Å². The topological polar surface area (TPSA) is 78.8 Å². The van der Waals surface area contributed by atoms with E-state index in [4.69, 9.17) is 0 Å². The Kier molecular flexibility index (Phi) is 3.44. The van der Waals surface area contributed by atoms with Crippen molar-refractivity contribution in [1.82, 2.24) is 19.6 Å². The van der Waals surface area contributed by atoms with Gasteiger partial charge in [-0.15, -0.1) is 0 Å². The molecule has 0 spiro atoms. The maximum atomic E-state index is 11.0. The van der Waals surface area contributed by atoms with Crippen molar-refractivity contribution in [3.05, 3.63) is 37.4 Å². The van der Waals surface area contributed by atoms with Gasteiger partial charge >= 0.3 is 5.69 Å². The molecule has 0 aliphatic heterocycles.